The van der Waals surface area contributed by atoms with Gasteiger partial charge >= 0.3 is 0 Å². The normalized spacial score (nSPS) is 21.5. The first-order chi connectivity index (χ1) is 12.0. The van der Waals surface area contributed by atoms with Crippen molar-refractivity contribution in [1.29, 1.82) is 0 Å². The molecule has 138 valence electrons. The van der Waals surface area contributed by atoms with E-state index in [4.69, 9.17) is 0 Å². The number of carbonyl (C=O) groups excluding carboxylic acids is 1. The highest BCUT2D eigenvalue weighted by molar-refractivity contribution is 7.88. The van der Waals surface area contributed by atoms with Gasteiger partial charge in [0.15, 0.2) is 0 Å². The summed E-state index contributed by atoms with van der Waals surface area (Å²) >= 11 is 0. The first kappa shape index (κ1) is 18.4. The molecule has 1 aromatic rings. The SMILES string of the molecule is CC(C(=O)NC1CCN(S(=O)(=O)Cc2ccccc2)CC1)C1CNC1. The van der Waals surface area contributed by atoms with Crippen LogP contribution in [0.25, 0.3) is 0 Å². The Morgan fingerprint density at radius 3 is 2.44 bits per heavy atom. The molecular formula is C18H27N3O3S. The number of nitrogens with zero attached hydrogens (tertiary/aromatic N) is 1. The van der Waals surface area contributed by atoms with E-state index in [1.54, 1.807) is 4.31 Å². The number of sulfonamides is 1. The zero-order valence-electron chi connectivity index (χ0n) is 14.6. The Bertz CT molecular complexity index is 681. The van der Waals surface area contributed by atoms with Crippen LogP contribution < -0.4 is 10.6 Å². The highest BCUT2D eigenvalue weighted by atomic mass is 32.2. The average Bonchev–Trinajstić information content (AvgIpc) is 2.54. The molecule has 2 aliphatic heterocycles. The predicted molar refractivity (Wildman–Crippen MR) is 97.3 cm³/mol. The van der Waals surface area contributed by atoms with Crippen molar-refractivity contribution in [2.45, 2.75) is 31.6 Å². The van der Waals surface area contributed by atoms with Gasteiger partial charge in [-0.05, 0) is 37.4 Å². The fourth-order valence-electron chi connectivity index (χ4n) is 3.37. The Morgan fingerprint density at radius 2 is 1.88 bits per heavy atom. The molecule has 0 saturated carbocycles. The van der Waals surface area contributed by atoms with Crippen LogP contribution in [0.3, 0.4) is 0 Å². The minimum absolute atomic E-state index is 0.0149. The number of hydrogen-bond acceptors (Lipinski definition) is 4. The fraction of sp³-hybridized carbons (Fsp3) is 0.611. The maximum absolute atomic E-state index is 12.6. The smallest absolute Gasteiger partial charge is 0.223 e. The van der Waals surface area contributed by atoms with Crippen LogP contribution in [0.15, 0.2) is 30.3 Å². The number of amides is 1. The van der Waals surface area contributed by atoms with Crippen molar-refractivity contribution in [2.24, 2.45) is 11.8 Å². The summed E-state index contributed by atoms with van der Waals surface area (Å²) in [5.41, 5.74) is 0.806. The second-order valence-corrected chi connectivity index (χ2v) is 9.10. The van der Waals surface area contributed by atoms with Crippen LogP contribution >= 0.6 is 0 Å². The lowest BCUT2D eigenvalue weighted by molar-refractivity contribution is -0.127. The third-order valence-electron chi connectivity index (χ3n) is 5.32. The van der Waals surface area contributed by atoms with E-state index in [1.807, 2.05) is 37.3 Å². The van der Waals surface area contributed by atoms with Crippen molar-refractivity contribution in [3.63, 3.8) is 0 Å². The van der Waals surface area contributed by atoms with Gasteiger partial charge in [0.2, 0.25) is 15.9 Å². The molecule has 2 N–H and O–H groups in total. The lowest BCUT2D eigenvalue weighted by atomic mass is 9.88. The van der Waals surface area contributed by atoms with E-state index in [0.29, 0.717) is 31.8 Å². The number of piperidine rings is 1. The molecule has 7 heteroatoms. The summed E-state index contributed by atoms with van der Waals surface area (Å²) in [4.78, 5) is 12.3. The maximum atomic E-state index is 12.6. The molecular weight excluding hydrogens is 338 g/mol. The zero-order valence-corrected chi connectivity index (χ0v) is 15.5. The molecule has 3 rings (SSSR count). The zero-order chi connectivity index (χ0) is 17.9. The van der Waals surface area contributed by atoms with Crippen LogP contribution in [-0.2, 0) is 20.6 Å². The summed E-state index contributed by atoms with van der Waals surface area (Å²) in [5, 5.41) is 6.29. The number of carbonyl (C=O) groups is 1. The minimum atomic E-state index is -3.30. The van der Waals surface area contributed by atoms with Gasteiger partial charge in [0, 0.05) is 25.0 Å². The standard InChI is InChI=1S/C18H27N3O3S/c1-14(16-11-19-12-16)18(22)20-17-7-9-21(10-8-17)25(23,24)13-15-5-3-2-4-6-15/h2-6,14,16-17,19H,7-13H2,1H3,(H,20,22). The summed E-state index contributed by atoms with van der Waals surface area (Å²) < 4.78 is 26.7. The maximum Gasteiger partial charge on any atom is 0.223 e. The first-order valence-corrected chi connectivity index (χ1v) is 10.6. The highest BCUT2D eigenvalue weighted by Crippen LogP contribution is 2.20. The molecule has 0 aliphatic carbocycles. The number of rotatable bonds is 6. The Morgan fingerprint density at radius 1 is 1.24 bits per heavy atom. The minimum Gasteiger partial charge on any atom is -0.353 e. The molecule has 1 atom stereocenters. The van der Waals surface area contributed by atoms with Crippen molar-refractivity contribution in [1.82, 2.24) is 14.9 Å². The van der Waals surface area contributed by atoms with Gasteiger partial charge in [-0.3, -0.25) is 4.79 Å². The monoisotopic (exact) mass is 365 g/mol. The summed E-state index contributed by atoms with van der Waals surface area (Å²) in [6.45, 7) is 4.73. The van der Waals surface area contributed by atoms with Gasteiger partial charge in [-0.2, -0.15) is 0 Å². The van der Waals surface area contributed by atoms with Crippen molar-refractivity contribution in [2.75, 3.05) is 26.2 Å². The van der Waals surface area contributed by atoms with Gasteiger partial charge in [0.25, 0.3) is 0 Å². The van der Waals surface area contributed by atoms with Gasteiger partial charge in [0.1, 0.15) is 0 Å². The van der Waals surface area contributed by atoms with Crippen molar-refractivity contribution >= 4 is 15.9 Å². The molecule has 2 saturated heterocycles. The largest absolute Gasteiger partial charge is 0.353 e. The highest BCUT2D eigenvalue weighted by Gasteiger charge is 2.32. The van der Waals surface area contributed by atoms with E-state index in [0.717, 1.165) is 18.7 Å². The molecule has 0 bridgehead atoms. The second-order valence-electron chi connectivity index (χ2n) is 7.13. The molecule has 0 radical (unpaired) electrons. The Kier molecular flexibility index (Phi) is 5.76. The summed E-state index contributed by atoms with van der Waals surface area (Å²) in [5.74, 6) is 0.570. The van der Waals surface area contributed by atoms with E-state index in [-0.39, 0.29) is 23.6 Å². The van der Waals surface area contributed by atoms with E-state index >= 15 is 0 Å². The lowest BCUT2D eigenvalue weighted by Crippen LogP contribution is -2.52. The van der Waals surface area contributed by atoms with E-state index in [2.05, 4.69) is 10.6 Å². The molecule has 2 heterocycles. The number of hydrogen-bond donors (Lipinski definition) is 2. The van der Waals surface area contributed by atoms with Crippen LogP contribution in [0.4, 0.5) is 0 Å². The van der Waals surface area contributed by atoms with E-state index in [9.17, 15) is 13.2 Å². The van der Waals surface area contributed by atoms with E-state index < -0.39 is 10.0 Å². The van der Waals surface area contributed by atoms with Gasteiger partial charge in [-0.15, -0.1) is 0 Å². The molecule has 1 unspecified atom stereocenters. The van der Waals surface area contributed by atoms with Gasteiger partial charge in [-0.1, -0.05) is 37.3 Å². The molecule has 1 amide bonds. The molecule has 2 fully saturated rings. The van der Waals surface area contributed by atoms with Gasteiger partial charge in [-0.25, -0.2) is 12.7 Å². The first-order valence-electron chi connectivity index (χ1n) is 8.98. The van der Waals surface area contributed by atoms with Crippen molar-refractivity contribution < 1.29 is 13.2 Å². The topological polar surface area (TPSA) is 78.5 Å². The Balaban J connectivity index is 1.48. The van der Waals surface area contributed by atoms with Crippen LogP contribution in [0.2, 0.25) is 0 Å². The number of nitrogens with one attached hydrogen (secondary N) is 2. The van der Waals surface area contributed by atoms with Gasteiger partial charge < -0.3 is 10.6 Å². The van der Waals surface area contributed by atoms with Crippen LogP contribution in [0.1, 0.15) is 25.3 Å². The van der Waals surface area contributed by atoms with Crippen LogP contribution in [-0.4, -0.2) is 50.9 Å². The fourth-order valence-corrected chi connectivity index (χ4v) is 4.93. The average molecular weight is 365 g/mol. The lowest BCUT2D eigenvalue weighted by Gasteiger charge is -2.35. The number of benzene rings is 1. The van der Waals surface area contributed by atoms with E-state index in [1.165, 1.54) is 0 Å². The summed E-state index contributed by atoms with van der Waals surface area (Å²) in [6.07, 6.45) is 1.35. The second kappa shape index (κ2) is 7.85. The molecule has 0 spiro atoms. The summed E-state index contributed by atoms with van der Waals surface area (Å²) in [6, 6.07) is 9.33. The predicted octanol–water partition coefficient (Wildman–Crippen LogP) is 0.953. The third kappa shape index (κ3) is 4.59. The molecule has 0 aromatic heterocycles. The van der Waals surface area contributed by atoms with Crippen LogP contribution in [0.5, 0.6) is 0 Å². The van der Waals surface area contributed by atoms with Crippen molar-refractivity contribution in [3.05, 3.63) is 35.9 Å². The molecule has 6 nitrogen and oxygen atoms in total. The molecule has 2 aliphatic rings. The van der Waals surface area contributed by atoms with Crippen molar-refractivity contribution in [3.8, 4) is 0 Å². The quantitative estimate of drug-likeness (QED) is 0.787. The third-order valence-corrected chi connectivity index (χ3v) is 7.17. The molecule has 25 heavy (non-hydrogen) atoms. The Labute approximate surface area is 150 Å². The molecule has 1 aromatic carbocycles. The Hall–Kier alpha value is -1.44. The van der Waals surface area contributed by atoms with Crippen LogP contribution in [0, 0.1) is 11.8 Å². The summed E-state index contributed by atoms with van der Waals surface area (Å²) in [7, 11) is -3.30. The van der Waals surface area contributed by atoms with Gasteiger partial charge in [0.05, 0.1) is 5.75 Å².